The molecule has 0 amide bonds. The first-order valence-electron chi connectivity index (χ1n) is 6.70. The highest BCUT2D eigenvalue weighted by Gasteiger charge is 2.14. The van der Waals surface area contributed by atoms with Gasteiger partial charge in [0, 0.05) is 25.2 Å². The first kappa shape index (κ1) is 14.5. The van der Waals surface area contributed by atoms with Crippen LogP contribution >= 0.6 is 0 Å². The average molecular weight is 281 g/mol. The fourth-order valence-corrected chi connectivity index (χ4v) is 1.91. The lowest BCUT2D eigenvalue weighted by atomic mass is 10.2. The maximum atomic E-state index is 11.0. The van der Waals surface area contributed by atoms with E-state index in [2.05, 4.69) is 5.43 Å². The minimum Gasteiger partial charge on any atom is -0.493 e. The summed E-state index contributed by atoms with van der Waals surface area (Å²) in [7, 11) is 0. The van der Waals surface area contributed by atoms with Gasteiger partial charge in [0.1, 0.15) is 5.75 Å². The van der Waals surface area contributed by atoms with Crippen molar-refractivity contribution < 1.29 is 14.4 Å². The first-order chi connectivity index (χ1) is 9.69. The van der Waals surface area contributed by atoms with Crippen LogP contribution in [-0.2, 0) is 4.74 Å². The van der Waals surface area contributed by atoms with Crippen molar-refractivity contribution in [3.63, 3.8) is 0 Å². The fraction of sp³-hybridized carbons (Fsp3) is 0.538. The van der Waals surface area contributed by atoms with Gasteiger partial charge in [-0.1, -0.05) is 6.92 Å². The van der Waals surface area contributed by atoms with Crippen LogP contribution in [0.5, 0.6) is 5.75 Å². The summed E-state index contributed by atoms with van der Waals surface area (Å²) >= 11 is 0. The Balaban J connectivity index is 2.12. The number of nitrogens with zero attached hydrogens (tertiary/aromatic N) is 2. The van der Waals surface area contributed by atoms with Crippen LogP contribution in [0.1, 0.15) is 13.3 Å². The molecule has 1 N–H and O–H groups in total. The number of hydrogen-bond donors (Lipinski definition) is 1. The Morgan fingerprint density at radius 3 is 2.80 bits per heavy atom. The second kappa shape index (κ2) is 7.06. The zero-order chi connectivity index (χ0) is 14.4. The number of ether oxygens (including phenoxy) is 2. The van der Waals surface area contributed by atoms with E-state index in [9.17, 15) is 10.1 Å². The van der Waals surface area contributed by atoms with E-state index in [4.69, 9.17) is 9.47 Å². The van der Waals surface area contributed by atoms with Crippen molar-refractivity contribution in [3.8, 4) is 5.75 Å². The Morgan fingerprint density at radius 2 is 2.15 bits per heavy atom. The Labute approximate surface area is 117 Å². The molecule has 1 fully saturated rings. The Bertz CT molecular complexity index is 461. The van der Waals surface area contributed by atoms with E-state index >= 15 is 0 Å². The van der Waals surface area contributed by atoms with Crippen molar-refractivity contribution in [2.75, 3.05) is 38.3 Å². The van der Waals surface area contributed by atoms with Crippen LogP contribution in [0.15, 0.2) is 18.2 Å². The normalized spacial score (nSPS) is 15.8. The lowest BCUT2D eigenvalue weighted by Gasteiger charge is -2.28. The molecule has 0 atom stereocenters. The molecule has 0 bridgehead atoms. The lowest BCUT2D eigenvalue weighted by Crippen LogP contribution is -2.40. The molecule has 7 heteroatoms. The third-order valence-electron chi connectivity index (χ3n) is 2.87. The molecule has 20 heavy (non-hydrogen) atoms. The van der Waals surface area contributed by atoms with E-state index in [-0.39, 0.29) is 5.69 Å². The molecule has 1 aromatic carbocycles. The minimum atomic E-state index is -0.413. The largest absolute Gasteiger partial charge is 0.493 e. The lowest BCUT2D eigenvalue weighted by molar-refractivity contribution is -0.384. The minimum absolute atomic E-state index is 0.0226. The Kier molecular flexibility index (Phi) is 5.14. The summed E-state index contributed by atoms with van der Waals surface area (Å²) in [6.07, 6.45) is 0.856. The Hall–Kier alpha value is -1.86. The van der Waals surface area contributed by atoms with Crippen LogP contribution in [0, 0.1) is 10.1 Å². The summed E-state index contributed by atoms with van der Waals surface area (Å²) in [5.41, 5.74) is 3.84. The zero-order valence-corrected chi connectivity index (χ0v) is 11.5. The number of non-ortho nitro benzene ring substituents is 1. The van der Waals surface area contributed by atoms with Gasteiger partial charge in [0.25, 0.3) is 5.69 Å². The molecular formula is C13H19N3O4. The van der Waals surface area contributed by atoms with Crippen molar-refractivity contribution in [3.05, 3.63) is 28.3 Å². The van der Waals surface area contributed by atoms with Gasteiger partial charge in [-0.05, 0) is 6.42 Å². The molecule has 0 saturated carbocycles. The summed E-state index contributed by atoms with van der Waals surface area (Å²) < 4.78 is 10.7. The van der Waals surface area contributed by atoms with Crippen LogP contribution < -0.4 is 10.2 Å². The van der Waals surface area contributed by atoms with Gasteiger partial charge in [0.2, 0.25) is 0 Å². The highest BCUT2D eigenvalue weighted by molar-refractivity contribution is 5.55. The molecule has 0 spiro atoms. The average Bonchev–Trinajstić information content (AvgIpc) is 2.46. The SMILES string of the molecule is CCCOc1cc(NN2CCOCC2)cc([N+](=O)[O-])c1. The van der Waals surface area contributed by atoms with Crippen LogP contribution in [-0.4, -0.2) is 42.8 Å². The molecule has 110 valence electrons. The summed E-state index contributed by atoms with van der Waals surface area (Å²) in [6.45, 7) is 5.33. The van der Waals surface area contributed by atoms with E-state index in [1.54, 1.807) is 6.07 Å². The molecule has 1 aliphatic rings. The van der Waals surface area contributed by atoms with Crippen LogP contribution in [0.2, 0.25) is 0 Å². The number of nitro groups is 1. The highest BCUT2D eigenvalue weighted by atomic mass is 16.6. The molecule has 0 radical (unpaired) electrons. The molecule has 0 aliphatic carbocycles. The number of rotatable bonds is 6. The van der Waals surface area contributed by atoms with Gasteiger partial charge in [0.05, 0.1) is 36.5 Å². The van der Waals surface area contributed by atoms with Crippen LogP contribution in [0.25, 0.3) is 0 Å². The fourth-order valence-electron chi connectivity index (χ4n) is 1.91. The summed E-state index contributed by atoms with van der Waals surface area (Å²) in [5, 5.41) is 12.9. The Morgan fingerprint density at radius 1 is 1.40 bits per heavy atom. The summed E-state index contributed by atoms with van der Waals surface area (Å²) in [4.78, 5) is 10.5. The number of hydrazine groups is 1. The maximum absolute atomic E-state index is 11.0. The van der Waals surface area contributed by atoms with Crippen molar-refractivity contribution in [2.24, 2.45) is 0 Å². The smallest absolute Gasteiger partial charge is 0.275 e. The number of hydrogen-bond acceptors (Lipinski definition) is 6. The van der Waals surface area contributed by atoms with Gasteiger partial charge in [-0.25, -0.2) is 5.01 Å². The van der Waals surface area contributed by atoms with Crippen LogP contribution in [0.3, 0.4) is 0 Å². The molecule has 0 aromatic heterocycles. The first-order valence-corrected chi connectivity index (χ1v) is 6.70. The van der Waals surface area contributed by atoms with E-state index in [1.807, 2.05) is 11.9 Å². The second-order valence-corrected chi connectivity index (χ2v) is 4.53. The van der Waals surface area contributed by atoms with Crippen molar-refractivity contribution in [1.82, 2.24) is 5.01 Å². The van der Waals surface area contributed by atoms with E-state index in [0.717, 1.165) is 19.5 Å². The number of anilines is 1. The summed E-state index contributed by atoms with van der Waals surface area (Å²) in [5.74, 6) is 0.511. The van der Waals surface area contributed by atoms with Crippen molar-refractivity contribution in [1.29, 1.82) is 0 Å². The zero-order valence-electron chi connectivity index (χ0n) is 11.5. The van der Waals surface area contributed by atoms with E-state index in [1.165, 1.54) is 12.1 Å². The van der Waals surface area contributed by atoms with Crippen molar-refractivity contribution in [2.45, 2.75) is 13.3 Å². The van der Waals surface area contributed by atoms with Gasteiger partial charge in [0.15, 0.2) is 0 Å². The van der Waals surface area contributed by atoms with Crippen molar-refractivity contribution >= 4 is 11.4 Å². The van der Waals surface area contributed by atoms with Gasteiger partial charge in [-0.15, -0.1) is 0 Å². The standard InChI is InChI=1S/C13H19N3O4/c1-2-5-20-13-9-11(8-12(10-13)16(17)18)14-15-3-6-19-7-4-15/h8-10,14H,2-7H2,1H3. The third-order valence-corrected chi connectivity index (χ3v) is 2.87. The molecule has 2 rings (SSSR count). The van der Waals surface area contributed by atoms with Gasteiger partial charge < -0.3 is 14.9 Å². The maximum Gasteiger partial charge on any atom is 0.275 e. The molecule has 0 unspecified atom stereocenters. The predicted molar refractivity (Wildman–Crippen MR) is 74.9 cm³/mol. The van der Waals surface area contributed by atoms with Gasteiger partial charge >= 0.3 is 0 Å². The number of morpholine rings is 1. The number of nitro benzene ring substituents is 1. The molecule has 7 nitrogen and oxygen atoms in total. The quantitative estimate of drug-likeness (QED) is 0.635. The molecule has 1 aliphatic heterocycles. The van der Waals surface area contributed by atoms with Crippen LogP contribution in [0.4, 0.5) is 11.4 Å². The number of nitrogens with one attached hydrogen (secondary N) is 1. The topological polar surface area (TPSA) is 76.9 Å². The van der Waals surface area contributed by atoms with E-state index < -0.39 is 4.92 Å². The van der Waals surface area contributed by atoms with Gasteiger partial charge in [-0.2, -0.15) is 0 Å². The molecule has 1 heterocycles. The third kappa shape index (κ3) is 4.07. The monoisotopic (exact) mass is 281 g/mol. The molecule has 1 saturated heterocycles. The van der Waals surface area contributed by atoms with E-state index in [0.29, 0.717) is 31.3 Å². The number of benzene rings is 1. The highest BCUT2D eigenvalue weighted by Crippen LogP contribution is 2.26. The summed E-state index contributed by atoms with van der Waals surface area (Å²) in [6, 6.07) is 4.73. The molecule has 1 aromatic rings. The van der Waals surface area contributed by atoms with Gasteiger partial charge in [-0.3, -0.25) is 10.1 Å². The predicted octanol–water partition coefficient (Wildman–Crippen LogP) is 2.04. The molecular weight excluding hydrogens is 262 g/mol. The second-order valence-electron chi connectivity index (χ2n) is 4.53.